The summed E-state index contributed by atoms with van der Waals surface area (Å²) >= 11 is 6.35. The summed E-state index contributed by atoms with van der Waals surface area (Å²) in [5, 5.41) is 15.5. The summed E-state index contributed by atoms with van der Waals surface area (Å²) in [5.74, 6) is 0.267. The van der Waals surface area contributed by atoms with Gasteiger partial charge in [-0.25, -0.2) is 0 Å². The summed E-state index contributed by atoms with van der Waals surface area (Å²) in [4.78, 5) is 12.0. The van der Waals surface area contributed by atoms with Crippen molar-refractivity contribution in [2.24, 2.45) is 0 Å². The predicted octanol–water partition coefficient (Wildman–Crippen LogP) is 4.78. The maximum absolute atomic E-state index is 12.0. The van der Waals surface area contributed by atoms with Crippen LogP contribution in [0.1, 0.15) is 32.1 Å². The van der Waals surface area contributed by atoms with E-state index in [4.69, 9.17) is 0 Å². The van der Waals surface area contributed by atoms with E-state index in [2.05, 4.69) is 36.8 Å². The molecule has 1 saturated carbocycles. The molecule has 0 spiro atoms. The van der Waals surface area contributed by atoms with E-state index >= 15 is 0 Å². The molecule has 5 nitrogen and oxygen atoms in total. The Morgan fingerprint density at radius 2 is 2.04 bits per heavy atom. The van der Waals surface area contributed by atoms with Crippen LogP contribution in [0.25, 0.3) is 0 Å². The van der Waals surface area contributed by atoms with Crippen LogP contribution in [0, 0.1) is 0 Å². The lowest BCUT2D eigenvalue weighted by Crippen LogP contribution is -2.21. The molecule has 1 fully saturated rings. The van der Waals surface area contributed by atoms with E-state index in [9.17, 15) is 4.79 Å². The second-order valence-corrected chi connectivity index (χ2v) is 8.72. The minimum Gasteiger partial charge on any atom is -0.357 e. The summed E-state index contributed by atoms with van der Waals surface area (Å²) in [6.45, 7) is 0. The van der Waals surface area contributed by atoms with Gasteiger partial charge in [0.05, 0.1) is 11.4 Å². The first kappa shape index (κ1) is 17.7. The van der Waals surface area contributed by atoms with Gasteiger partial charge in [0.25, 0.3) is 0 Å². The van der Waals surface area contributed by atoms with Gasteiger partial charge in [0.15, 0.2) is 4.34 Å². The third-order valence-corrected chi connectivity index (χ3v) is 6.49. The molecule has 3 rings (SSSR count). The molecule has 1 aliphatic carbocycles. The zero-order valence-corrected chi connectivity index (χ0v) is 16.3. The third kappa shape index (κ3) is 5.19. The molecule has 1 heterocycles. The van der Waals surface area contributed by atoms with Gasteiger partial charge in [-0.2, -0.15) is 0 Å². The van der Waals surface area contributed by atoms with Crippen LogP contribution in [0.5, 0.6) is 0 Å². The van der Waals surface area contributed by atoms with E-state index in [1.807, 2.05) is 24.3 Å². The Labute approximate surface area is 158 Å². The van der Waals surface area contributed by atoms with Crippen molar-refractivity contribution >= 4 is 55.8 Å². The minimum absolute atomic E-state index is 0.0520. The Kier molecular flexibility index (Phi) is 6.51. The Morgan fingerprint density at radius 1 is 1.25 bits per heavy atom. The number of carbonyl (C=O) groups excluding carboxylic acids is 1. The second kappa shape index (κ2) is 8.82. The number of benzene rings is 1. The number of carbonyl (C=O) groups is 1. The summed E-state index contributed by atoms with van der Waals surface area (Å²) < 4.78 is 1.69. The first-order chi connectivity index (χ1) is 11.7. The Balaban J connectivity index is 1.46. The predicted molar refractivity (Wildman–Crippen MR) is 104 cm³/mol. The second-order valence-electron chi connectivity index (χ2n) is 5.67. The monoisotopic (exact) mass is 426 g/mol. The average Bonchev–Trinajstić information content (AvgIpc) is 3.03. The molecule has 1 amide bonds. The number of aromatic nitrogens is 2. The first-order valence-corrected chi connectivity index (χ1v) is 10.6. The lowest BCUT2D eigenvalue weighted by Gasteiger charge is -2.21. The van der Waals surface area contributed by atoms with Gasteiger partial charge in [0.1, 0.15) is 0 Å². The fourth-order valence-electron chi connectivity index (χ4n) is 2.62. The summed E-state index contributed by atoms with van der Waals surface area (Å²) in [6, 6.07) is 8.08. The van der Waals surface area contributed by atoms with Gasteiger partial charge in [-0.3, -0.25) is 4.79 Å². The normalized spacial score (nSPS) is 15.2. The van der Waals surface area contributed by atoms with Crippen LogP contribution in [-0.4, -0.2) is 27.9 Å². The van der Waals surface area contributed by atoms with Gasteiger partial charge in [0.2, 0.25) is 11.0 Å². The van der Waals surface area contributed by atoms with Crippen molar-refractivity contribution in [3.8, 4) is 0 Å². The largest absolute Gasteiger partial charge is 0.357 e. The number of hydrogen-bond acceptors (Lipinski definition) is 6. The van der Waals surface area contributed by atoms with E-state index in [1.54, 1.807) is 0 Å². The number of nitrogens with one attached hydrogen (secondary N) is 2. The fourth-order valence-corrected chi connectivity index (χ4v) is 4.64. The smallest absolute Gasteiger partial charge is 0.234 e. The van der Waals surface area contributed by atoms with Crippen molar-refractivity contribution in [2.45, 2.75) is 42.5 Å². The maximum Gasteiger partial charge on any atom is 0.234 e. The molecule has 1 aromatic carbocycles. The molecule has 0 bridgehead atoms. The topological polar surface area (TPSA) is 66.9 Å². The van der Waals surface area contributed by atoms with Crippen LogP contribution < -0.4 is 10.6 Å². The molecule has 1 aromatic heterocycles. The van der Waals surface area contributed by atoms with Crippen LogP contribution >= 0.6 is 39.0 Å². The van der Waals surface area contributed by atoms with Crippen molar-refractivity contribution in [3.63, 3.8) is 0 Å². The fraction of sp³-hybridized carbons (Fsp3) is 0.438. The molecule has 0 unspecified atom stereocenters. The van der Waals surface area contributed by atoms with Crippen molar-refractivity contribution < 1.29 is 4.79 Å². The van der Waals surface area contributed by atoms with E-state index in [0.29, 0.717) is 11.8 Å². The van der Waals surface area contributed by atoms with Crippen molar-refractivity contribution in [1.29, 1.82) is 0 Å². The number of thioether (sulfide) groups is 1. The number of para-hydroxylation sites is 1. The number of anilines is 2. The number of hydrogen-bond donors (Lipinski definition) is 2. The molecule has 0 saturated heterocycles. The standard InChI is InChI=1S/C16H19BrN4OS2/c17-12-8-4-5-9-13(12)19-14(22)10-23-16-21-20-15(24-16)18-11-6-2-1-3-7-11/h4-5,8-9,11H,1-3,6-7,10H2,(H,18,20)(H,19,22). The van der Waals surface area contributed by atoms with Crippen LogP contribution in [0.3, 0.4) is 0 Å². The van der Waals surface area contributed by atoms with Crippen molar-refractivity contribution in [3.05, 3.63) is 28.7 Å². The SMILES string of the molecule is O=C(CSc1nnc(NC2CCCCC2)s1)Nc1ccccc1Br. The van der Waals surface area contributed by atoms with Crippen LogP contribution in [0.4, 0.5) is 10.8 Å². The number of halogens is 1. The van der Waals surface area contributed by atoms with Crippen LogP contribution in [0.2, 0.25) is 0 Å². The van der Waals surface area contributed by atoms with Gasteiger partial charge in [-0.15, -0.1) is 10.2 Å². The van der Waals surface area contributed by atoms with E-state index < -0.39 is 0 Å². The summed E-state index contributed by atoms with van der Waals surface area (Å²) in [7, 11) is 0. The highest BCUT2D eigenvalue weighted by Gasteiger charge is 2.15. The molecule has 128 valence electrons. The number of rotatable bonds is 6. The molecular formula is C16H19BrN4OS2. The Hall–Kier alpha value is -1.12. The third-order valence-electron chi connectivity index (χ3n) is 3.81. The summed E-state index contributed by atoms with van der Waals surface area (Å²) in [5.41, 5.74) is 0.778. The molecule has 0 radical (unpaired) electrons. The molecule has 1 aliphatic rings. The van der Waals surface area contributed by atoms with Crippen molar-refractivity contribution in [2.75, 3.05) is 16.4 Å². The quantitative estimate of drug-likeness (QED) is 0.650. The number of nitrogens with zero attached hydrogens (tertiary/aromatic N) is 2. The Morgan fingerprint density at radius 3 is 2.83 bits per heavy atom. The maximum atomic E-state index is 12.0. The van der Waals surface area contributed by atoms with Gasteiger partial charge < -0.3 is 10.6 Å². The molecule has 24 heavy (non-hydrogen) atoms. The highest BCUT2D eigenvalue weighted by molar-refractivity contribution is 9.10. The molecule has 0 atom stereocenters. The lowest BCUT2D eigenvalue weighted by molar-refractivity contribution is -0.113. The molecular weight excluding hydrogens is 408 g/mol. The first-order valence-electron chi connectivity index (χ1n) is 7.98. The highest BCUT2D eigenvalue weighted by Crippen LogP contribution is 2.28. The minimum atomic E-state index is -0.0520. The van der Waals surface area contributed by atoms with Crippen LogP contribution in [0.15, 0.2) is 33.1 Å². The molecule has 2 aromatic rings. The zero-order chi connectivity index (χ0) is 16.8. The Bertz CT molecular complexity index is 688. The van der Waals surface area contributed by atoms with Gasteiger partial charge in [-0.05, 0) is 40.9 Å². The molecule has 2 N–H and O–H groups in total. The molecule has 0 aliphatic heterocycles. The van der Waals surface area contributed by atoms with Crippen molar-refractivity contribution in [1.82, 2.24) is 10.2 Å². The van der Waals surface area contributed by atoms with Gasteiger partial charge >= 0.3 is 0 Å². The number of amides is 1. The van der Waals surface area contributed by atoms with Crippen LogP contribution in [-0.2, 0) is 4.79 Å². The lowest BCUT2D eigenvalue weighted by atomic mass is 9.96. The van der Waals surface area contributed by atoms with Gasteiger partial charge in [-0.1, -0.05) is 54.5 Å². The molecule has 8 heteroatoms. The van der Waals surface area contributed by atoms with E-state index in [0.717, 1.165) is 19.6 Å². The highest BCUT2D eigenvalue weighted by atomic mass is 79.9. The van der Waals surface area contributed by atoms with Gasteiger partial charge in [0, 0.05) is 10.5 Å². The van der Waals surface area contributed by atoms with E-state index in [-0.39, 0.29) is 5.91 Å². The summed E-state index contributed by atoms with van der Waals surface area (Å²) in [6.07, 6.45) is 6.31. The zero-order valence-electron chi connectivity index (χ0n) is 13.1. The van der Waals surface area contributed by atoms with E-state index in [1.165, 1.54) is 55.2 Å². The average molecular weight is 427 g/mol.